The van der Waals surface area contributed by atoms with E-state index in [1.807, 2.05) is 0 Å². The van der Waals surface area contributed by atoms with Crippen molar-refractivity contribution in [1.82, 2.24) is 20.6 Å². The summed E-state index contributed by atoms with van der Waals surface area (Å²) in [5, 5.41) is 6.28. The Kier molecular flexibility index (Phi) is 3.56. The average Bonchev–Trinajstić information content (AvgIpc) is 2.78. The molecule has 1 aromatic rings. The Labute approximate surface area is 95.0 Å². The van der Waals surface area contributed by atoms with Gasteiger partial charge in [0.05, 0.1) is 18.6 Å². The number of carbonyl (C=O) groups is 1. The van der Waals surface area contributed by atoms with Crippen molar-refractivity contribution in [3.8, 4) is 0 Å². The van der Waals surface area contributed by atoms with Crippen LogP contribution in [-0.2, 0) is 11.3 Å². The Morgan fingerprint density at radius 2 is 2.56 bits per heavy atom. The van der Waals surface area contributed by atoms with Crippen molar-refractivity contribution in [2.24, 2.45) is 5.92 Å². The lowest BCUT2D eigenvalue weighted by Crippen LogP contribution is -2.42. The molecule has 5 nitrogen and oxygen atoms in total. The molecular weight excluding hydrogens is 204 g/mol. The number of piperidine rings is 1. The van der Waals surface area contributed by atoms with Crippen LogP contribution in [-0.4, -0.2) is 28.5 Å². The first-order valence-corrected chi connectivity index (χ1v) is 5.74. The second-order valence-corrected chi connectivity index (χ2v) is 4.37. The summed E-state index contributed by atoms with van der Waals surface area (Å²) < 4.78 is 0. The smallest absolute Gasteiger partial charge is 0.223 e. The lowest BCUT2D eigenvalue weighted by atomic mass is 9.92. The molecule has 0 radical (unpaired) electrons. The minimum Gasteiger partial charge on any atom is -0.350 e. The van der Waals surface area contributed by atoms with Crippen LogP contribution in [0.5, 0.6) is 0 Å². The molecule has 2 heterocycles. The fourth-order valence-corrected chi connectivity index (χ4v) is 2.08. The molecule has 0 aliphatic carbocycles. The number of aromatic amines is 1. The summed E-state index contributed by atoms with van der Waals surface area (Å²) in [6.07, 6.45) is 5.20. The van der Waals surface area contributed by atoms with Gasteiger partial charge in [-0.25, -0.2) is 4.98 Å². The lowest BCUT2D eigenvalue weighted by molar-refractivity contribution is -0.126. The molecule has 1 aromatic heterocycles. The first-order valence-electron chi connectivity index (χ1n) is 5.74. The van der Waals surface area contributed by atoms with Crippen molar-refractivity contribution < 1.29 is 4.79 Å². The molecule has 16 heavy (non-hydrogen) atoms. The van der Waals surface area contributed by atoms with E-state index in [2.05, 4.69) is 27.5 Å². The highest BCUT2D eigenvalue weighted by Crippen LogP contribution is 2.15. The van der Waals surface area contributed by atoms with Gasteiger partial charge in [-0.3, -0.25) is 4.79 Å². The maximum Gasteiger partial charge on any atom is 0.223 e. The van der Waals surface area contributed by atoms with Crippen LogP contribution in [0.3, 0.4) is 0 Å². The summed E-state index contributed by atoms with van der Waals surface area (Å²) in [5.41, 5.74) is 0.940. The number of nitrogens with one attached hydrogen (secondary N) is 3. The molecule has 2 atom stereocenters. The quantitative estimate of drug-likeness (QED) is 0.694. The molecule has 0 aromatic carbocycles. The van der Waals surface area contributed by atoms with Gasteiger partial charge in [-0.05, 0) is 26.3 Å². The van der Waals surface area contributed by atoms with Crippen molar-refractivity contribution in [2.45, 2.75) is 32.4 Å². The molecule has 0 saturated carbocycles. The summed E-state index contributed by atoms with van der Waals surface area (Å²) in [5.74, 6) is 0.308. The van der Waals surface area contributed by atoms with Crippen LogP contribution in [0.2, 0.25) is 0 Å². The lowest BCUT2D eigenvalue weighted by Gasteiger charge is -2.26. The first kappa shape index (κ1) is 11.1. The highest BCUT2D eigenvalue weighted by molar-refractivity contribution is 5.78. The highest BCUT2D eigenvalue weighted by atomic mass is 16.1. The van der Waals surface area contributed by atoms with E-state index in [0.29, 0.717) is 12.6 Å². The van der Waals surface area contributed by atoms with E-state index in [0.717, 1.165) is 25.1 Å². The predicted octanol–water partition coefficient (Wildman–Crippen LogP) is 0.414. The Bertz CT molecular complexity index is 336. The number of hydrogen-bond acceptors (Lipinski definition) is 3. The third kappa shape index (κ3) is 2.82. The molecular formula is C11H18N4O. The van der Waals surface area contributed by atoms with E-state index in [1.54, 1.807) is 12.5 Å². The van der Waals surface area contributed by atoms with E-state index in [9.17, 15) is 4.79 Å². The maximum atomic E-state index is 11.9. The zero-order valence-electron chi connectivity index (χ0n) is 9.49. The third-order valence-electron chi connectivity index (χ3n) is 3.00. The summed E-state index contributed by atoms with van der Waals surface area (Å²) in [6.45, 7) is 3.59. The van der Waals surface area contributed by atoms with Gasteiger partial charge < -0.3 is 15.6 Å². The molecule has 1 aliphatic heterocycles. The van der Waals surface area contributed by atoms with Gasteiger partial charge in [-0.15, -0.1) is 0 Å². The molecule has 1 fully saturated rings. The molecule has 5 heteroatoms. The van der Waals surface area contributed by atoms with Crippen molar-refractivity contribution in [3.63, 3.8) is 0 Å². The third-order valence-corrected chi connectivity index (χ3v) is 3.00. The first-order chi connectivity index (χ1) is 7.75. The van der Waals surface area contributed by atoms with Crippen molar-refractivity contribution in [1.29, 1.82) is 0 Å². The number of H-pyrrole nitrogens is 1. The van der Waals surface area contributed by atoms with Gasteiger partial charge in [-0.1, -0.05) is 0 Å². The Morgan fingerprint density at radius 3 is 3.25 bits per heavy atom. The van der Waals surface area contributed by atoms with E-state index >= 15 is 0 Å². The fraction of sp³-hybridized carbons (Fsp3) is 0.636. The summed E-state index contributed by atoms with van der Waals surface area (Å²) in [6, 6.07) is 0.441. The molecule has 2 unspecified atom stereocenters. The van der Waals surface area contributed by atoms with Crippen LogP contribution in [0.25, 0.3) is 0 Å². The molecule has 88 valence electrons. The van der Waals surface area contributed by atoms with Crippen LogP contribution >= 0.6 is 0 Å². The van der Waals surface area contributed by atoms with Crippen LogP contribution in [0.4, 0.5) is 0 Å². The molecule has 0 spiro atoms. The van der Waals surface area contributed by atoms with Gasteiger partial charge in [0.25, 0.3) is 0 Å². The number of imidazole rings is 1. The molecule has 1 amide bonds. The molecule has 2 rings (SSSR count). The zero-order valence-corrected chi connectivity index (χ0v) is 9.49. The molecule has 1 saturated heterocycles. The van der Waals surface area contributed by atoms with Crippen molar-refractivity contribution in [2.75, 3.05) is 6.54 Å². The SMILES string of the molecule is CC1CC(C(=O)NCc2cnc[nH]2)CCN1. The molecule has 1 aliphatic rings. The normalized spacial score (nSPS) is 25.3. The number of nitrogens with zero attached hydrogens (tertiary/aromatic N) is 1. The minimum atomic E-state index is 0.152. The van der Waals surface area contributed by atoms with Gasteiger partial charge in [0.15, 0.2) is 0 Å². The summed E-state index contributed by atoms with van der Waals surface area (Å²) in [4.78, 5) is 18.7. The van der Waals surface area contributed by atoms with Crippen molar-refractivity contribution in [3.05, 3.63) is 18.2 Å². The Morgan fingerprint density at radius 1 is 1.69 bits per heavy atom. The monoisotopic (exact) mass is 222 g/mol. The van der Waals surface area contributed by atoms with Gasteiger partial charge in [0, 0.05) is 18.2 Å². The predicted molar refractivity (Wildman–Crippen MR) is 60.6 cm³/mol. The van der Waals surface area contributed by atoms with E-state index in [1.165, 1.54) is 0 Å². The zero-order chi connectivity index (χ0) is 11.4. The van der Waals surface area contributed by atoms with Gasteiger partial charge in [-0.2, -0.15) is 0 Å². The number of amides is 1. The largest absolute Gasteiger partial charge is 0.350 e. The number of hydrogen-bond donors (Lipinski definition) is 3. The van der Waals surface area contributed by atoms with E-state index in [4.69, 9.17) is 0 Å². The number of rotatable bonds is 3. The topological polar surface area (TPSA) is 69.8 Å². The maximum absolute atomic E-state index is 11.9. The highest BCUT2D eigenvalue weighted by Gasteiger charge is 2.24. The van der Waals surface area contributed by atoms with Crippen LogP contribution in [0, 0.1) is 5.92 Å². The van der Waals surface area contributed by atoms with Gasteiger partial charge in [0.2, 0.25) is 5.91 Å². The van der Waals surface area contributed by atoms with Gasteiger partial charge in [0.1, 0.15) is 0 Å². The summed E-state index contributed by atoms with van der Waals surface area (Å²) >= 11 is 0. The van der Waals surface area contributed by atoms with Crippen LogP contribution in [0.1, 0.15) is 25.5 Å². The average molecular weight is 222 g/mol. The van der Waals surface area contributed by atoms with Gasteiger partial charge >= 0.3 is 0 Å². The van der Waals surface area contributed by atoms with Crippen LogP contribution < -0.4 is 10.6 Å². The van der Waals surface area contributed by atoms with Crippen LogP contribution in [0.15, 0.2) is 12.5 Å². The number of carbonyl (C=O) groups excluding carboxylic acids is 1. The Hall–Kier alpha value is -1.36. The second-order valence-electron chi connectivity index (χ2n) is 4.37. The second kappa shape index (κ2) is 5.12. The van der Waals surface area contributed by atoms with Crippen molar-refractivity contribution >= 4 is 5.91 Å². The Balaban J connectivity index is 1.79. The standard InChI is InChI=1S/C11H18N4O/c1-8-4-9(2-3-13-8)11(16)14-6-10-5-12-7-15-10/h5,7-9,13H,2-4,6H2,1H3,(H,12,15)(H,14,16). The molecule has 0 bridgehead atoms. The fourth-order valence-electron chi connectivity index (χ4n) is 2.08. The number of aromatic nitrogens is 2. The molecule has 3 N–H and O–H groups in total. The minimum absolute atomic E-state index is 0.152. The van der Waals surface area contributed by atoms with E-state index < -0.39 is 0 Å². The van der Waals surface area contributed by atoms with E-state index in [-0.39, 0.29) is 11.8 Å². The summed E-state index contributed by atoms with van der Waals surface area (Å²) in [7, 11) is 0.